The molecule has 1 N–H and O–H groups in total. The summed E-state index contributed by atoms with van der Waals surface area (Å²) >= 11 is 6.80. The van der Waals surface area contributed by atoms with Crippen LogP contribution < -0.4 is 5.32 Å². The van der Waals surface area contributed by atoms with Gasteiger partial charge < -0.3 is 5.32 Å². The third-order valence-corrected chi connectivity index (χ3v) is 7.48. The maximum absolute atomic E-state index is 12.8. The number of nitrogens with one attached hydrogen (secondary N) is 1. The molecule has 0 radical (unpaired) electrons. The van der Waals surface area contributed by atoms with Gasteiger partial charge in [0.25, 0.3) is 10.0 Å². The van der Waals surface area contributed by atoms with Gasteiger partial charge in [0.1, 0.15) is 5.25 Å². The van der Waals surface area contributed by atoms with E-state index in [2.05, 4.69) is 16.3 Å². The van der Waals surface area contributed by atoms with Crippen LogP contribution in [0.2, 0.25) is 5.02 Å². The van der Waals surface area contributed by atoms with Crippen molar-refractivity contribution in [2.24, 2.45) is 4.40 Å². The van der Waals surface area contributed by atoms with Crippen molar-refractivity contribution in [3.8, 4) is 0 Å². The van der Waals surface area contributed by atoms with E-state index >= 15 is 0 Å². The number of hydrogen-bond acceptors (Lipinski definition) is 5. The Morgan fingerprint density at radius 3 is 2.47 bits per heavy atom. The van der Waals surface area contributed by atoms with Gasteiger partial charge in [0.05, 0.1) is 4.90 Å². The summed E-state index contributed by atoms with van der Waals surface area (Å²) in [5.41, 5.74) is 1.55. The smallest absolute Gasteiger partial charge is 0.284 e. The first-order valence-electron chi connectivity index (χ1n) is 9.81. The number of halogens is 1. The fourth-order valence-corrected chi connectivity index (χ4v) is 5.46. The highest BCUT2D eigenvalue weighted by Gasteiger charge is 2.39. The number of carbonyl (C=O) groups is 2. The molecule has 1 fully saturated rings. The molecule has 1 atom stereocenters. The number of nitrogens with zero attached hydrogens (tertiary/aromatic N) is 2. The second-order valence-corrected chi connectivity index (χ2v) is 10.2. The number of benzene rings is 2. The van der Waals surface area contributed by atoms with Gasteiger partial charge in [-0.1, -0.05) is 48.5 Å². The third kappa shape index (κ3) is 5.79. The van der Waals surface area contributed by atoms with Gasteiger partial charge in [-0.15, -0.1) is 11.0 Å². The van der Waals surface area contributed by atoms with Crippen LogP contribution in [0.4, 0.5) is 5.69 Å². The zero-order chi connectivity index (χ0) is 23.3. The average molecular weight is 492 g/mol. The Morgan fingerprint density at radius 1 is 1.22 bits per heavy atom. The number of amides is 2. The van der Waals surface area contributed by atoms with Crippen LogP contribution in [-0.2, 0) is 26.0 Å². The Labute approximate surface area is 196 Å². The first-order valence-corrected chi connectivity index (χ1v) is 12.5. The summed E-state index contributed by atoms with van der Waals surface area (Å²) in [6.07, 6.45) is 2.13. The highest BCUT2D eigenvalue weighted by molar-refractivity contribution is 8.16. The Bertz CT molecular complexity index is 1150. The second-order valence-electron chi connectivity index (χ2n) is 6.95. The molecular formula is C22H22ClN3O4S2. The second kappa shape index (κ2) is 10.3. The Balaban J connectivity index is 1.78. The van der Waals surface area contributed by atoms with Gasteiger partial charge in [-0.3, -0.25) is 14.5 Å². The lowest BCUT2D eigenvalue weighted by atomic mass is 10.2. The van der Waals surface area contributed by atoms with Crippen molar-refractivity contribution in [1.29, 1.82) is 0 Å². The van der Waals surface area contributed by atoms with Crippen molar-refractivity contribution < 1.29 is 18.0 Å². The highest BCUT2D eigenvalue weighted by atomic mass is 35.5. The van der Waals surface area contributed by atoms with E-state index in [-0.39, 0.29) is 28.9 Å². The highest BCUT2D eigenvalue weighted by Crippen LogP contribution is 2.31. The molecule has 3 rings (SSSR count). The molecule has 0 bridgehead atoms. The lowest BCUT2D eigenvalue weighted by Gasteiger charge is -2.13. The van der Waals surface area contributed by atoms with E-state index in [4.69, 9.17) is 11.6 Å². The molecule has 1 aliphatic rings. The third-order valence-electron chi connectivity index (χ3n) is 4.66. The monoisotopic (exact) mass is 491 g/mol. The quantitative estimate of drug-likeness (QED) is 0.561. The van der Waals surface area contributed by atoms with Gasteiger partial charge in [-0.25, -0.2) is 0 Å². The largest absolute Gasteiger partial charge is 0.326 e. The number of aryl methyl sites for hydroxylation is 1. The average Bonchev–Trinajstić information content (AvgIpc) is 3.04. The molecule has 2 aromatic carbocycles. The number of sulfonamides is 1. The summed E-state index contributed by atoms with van der Waals surface area (Å²) in [5.74, 6) is -0.771. The zero-order valence-corrected chi connectivity index (χ0v) is 19.7. The molecule has 2 amide bonds. The molecule has 0 aliphatic carbocycles. The minimum absolute atomic E-state index is 0.0266. The van der Waals surface area contributed by atoms with Gasteiger partial charge in [0.15, 0.2) is 5.17 Å². The topological polar surface area (TPSA) is 95.9 Å². The predicted molar refractivity (Wildman–Crippen MR) is 128 cm³/mol. The molecule has 0 unspecified atom stereocenters. The number of rotatable bonds is 8. The van der Waals surface area contributed by atoms with Crippen molar-refractivity contribution >= 4 is 56.1 Å². The molecule has 7 nitrogen and oxygen atoms in total. The normalized spacial score (nSPS) is 17.6. The molecule has 0 aromatic heterocycles. The van der Waals surface area contributed by atoms with Gasteiger partial charge in [0, 0.05) is 23.7 Å². The summed E-state index contributed by atoms with van der Waals surface area (Å²) in [4.78, 5) is 26.5. The van der Waals surface area contributed by atoms with Crippen molar-refractivity contribution in [3.63, 3.8) is 0 Å². The van der Waals surface area contributed by atoms with Crippen molar-refractivity contribution in [2.75, 3.05) is 11.9 Å². The van der Waals surface area contributed by atoms with Gasteiger partial charge in [-0.05, 0) is 48.4 Å². The van der Waals surface area contributed by atoms with E-state index < -0.39 is 21.2 Å². The van der Waals surface area contributed by atoms with Crippen LogP contribution in [0, 0.1) is 0 Å². The summed E-state index contributed by atoms with van der Waals surface area (Å²) < 4.78 is 29.5. The van der Waals surface area contributed by atoms with E-state index in [9.17, 15) is 18.0 Å². The lowest BCUT2D eigenvalue weighted by molar-refractivity contribution is -0.127. The Kier molecular flexibility index (Phi) is 7.76. The maximum Gasteiger partial charge on any atom is 0.284 e. The van der Waals surface area contributed by atoms with Crippen LogP contribution in [0.15, 0.2) is 70.5 Å². The fourth-order valence-electron chi connectivity index (χ4n) is 2.97. The number of amidine groups is 1. The zero-order valence-electron chi connectivity index (χ0n) is 17.3. The van der Waals surface area contributed by atoms with Crippen molar-refractivity contribution in [1.82, 2.24) is 4.90 Å². The fraction of sp³-hybridized carbons (Fsp3) is 0.227. The van der Waals surface area contributed by atoms with E-state index in [1.54, 1.807) is 36.4 Å². The molecule has 10 heteroatoms. The molecular weight excluding hydrogens is 470 g/mol. The molecule has 1 heterocycles. The lowest BCUT2D eigenvalue weighted by Crippen LogP contribution is -2.33. The van der Waals surface area contributed by atoms with Crippen LogP contribution in [0.25, 0.3) is 0 Å². The molecule has 1 aliphatic heterocycles. The Hall–Kier alpha value is -2.62. The van der Waals surface area contributed by atoms with E-state index in [0.717, 1.165) is 23.7 Å². The van der Waals surface area contributed by atoms with E-state index in [1.807, 2.05) is 6.92 Å². The van der Waals surface area contributed by atoms with Gasteiger partial charge in [0.2, 0.25) is 11.8 Å². The summed E-state index contributed by atoms with van der Waals surface area (Å²) in [7, 11) is -4.02. The number of anilines is 1. The first kappa shape index (κ1) is 24.0. The van der Waals surface area contributed by atoms with E-state index in [0.29, 0.717) is 10.7 Å². The molecule has 2 aromatic rings. The maximum atomic E-state index is 12.8. The summed E-state index contributed by atoms with van der Waals surface area (Å²) in [6.45, 7) is 5.68. The van der Waals surface area contributed by atoms with E-state index in [1.165, 1.54) is 23.1 Å². The Morgan fingerprint density at radius 2 is 1.88 bits per heavy atom. The number of hydrogen-bond donors (Lipinski definition) is 1. The predicted octanol–water partition coefficient (Wildman–Crippen LogP) is 4.11. The van der Waals surface area contributed by atoms with Crippen LogP contribution in [0.3, 0.4) is 0 Å². The minimum Gasteiger partial charge on any atom is -0.326 e. The first-order chi connectivity index (χ1) is 15.2. The molecule has 168 valence electrons. The summed E-state index contributed by atoms with van der Waals surface area (Å²) in [6, 6.07) is 13.0. The molecule has 1 saturated heterocycles. The summed E-state index contributed by atoms with van der Waals surface area (Å²) in [5, 5.41) is 2.47. The van der Waals surface area contributed by atoms with Gasteiger partial charge >= 0.3 is 0 Å². The molecule has 32 heavy (non-hydrogen) atoms. The number of thioether (sulfide) groups is 1. The van der Waals surface area contributed by atoms with Crippen molar-refractivity contribution in [3.05, 3.63) is 71.8 Å². The SMILES string of the molecule is C=CCN1C(=O)[C@H](CC(=O)Nc2ccc(Cl)cc2)SC1=NS(=O)(=O)c1ccc(CC)cc1. The van der Waals surface area contributed by atoms with Gasteiger partial charge in [-0.2, -0.15) is 8.42 Å². The van der Waals surface area contributed by atoms with Crippen molar-refractivity contribution in [2.45, 2.75) is 29.9 Å². The molecule has 0 saturated carbocycles. The van der Waals surface area contributed by atoms with Crippen LogP contribution >= 0.6 is 23.4 Å². The van der Waals surface area contributed by atoms with Crippen LogP contribution in [0.1, 0.15) is 18.9 Å². The minimum atomic E-state index is -4.02. The number of carbonyl (C=O) groups excluding carboxylic acids is 2. The van der Waals surface area contributed by atoms with Crippen LogP contribution in [0.5, 0.6) is 0 Å². The molecule has 0 spiro atoms. The standard InChI is InChI=1S/C22H22ClN3O4S2/c1-3-13-26-21(28)19(14-20(27)24-17-9-7-16(23)8-10-17)31-22(26)25-32(29,30)18-11-5-15(4-2)6-12-18/h3,5-12,19H,1,4,13-14H2,2H3,(H,24,27)/t19-/m0/s1. The van der Waals surface area contributed by atoms with Crippen LogP contribution in [-0.4, -0.2) is 42.1 Å².